The van der Waals surface area contributed by atoms with Gasteiger partial charge in [0.2, 0.25) is 0 Å². The number of hydrogen-bond donors (Lipinski definition) is 1. The van der Waals surface area contributed by atoms with Crippen LogP contribution < -0.4 is 5.32 Å². The summed E-state index contributed by atoms with van der Waals surface area (Å²) in [6, 6.07) is 2.13. The Morgan fingerprint density at radius 1 is 1.42 bits per heavy atom. The Kier molecular flexibility index (Phi) is 5.46. The highest BCUT2D eigenvalue weighted by atomic mass is 16.5. The molecule has 1 aromatic rings. The van der Waals surface area contributed by atoms with Crippen LogP contribution in [-0.4, -0.2) is 12.6 Å². The van der Waals surface area contributed by atoms with E-state index < -0.39 is 0 Å². The van der Waals surface area contributed by atoms with Gasteiger partial charge in [0, 0.05) is 12.1 Å². The van der Waals surface area contributed by atoms with Gasteiger partial charge in [-0.3, -0.25) is 0 Å². The van der Waals surface area contributed by atoms with Crippen molar-refractivity contribution in [2.45, 2.75) is 65.7 Å². The van der Waals surface area contributed by atoms with Crippen molar-refractivity contribution in [3.8, 4) is 0 Å². The number of aryl methyl sites for hydroxylation is 1. The van der Waals surface area contributed by atoms with Crippen molar-refractivity contribution in [3.63, 3.8) is 0 Å². The molecule has 0 spiro atoms. The Morgan fingerprint density at radius 2 is 2.26 bits per heavy atom. The minimum Gasteiger partial charge on any atom is -0.464 e. The fourth-order valence-electron chi connectivity index (χ4n) is 2.82. The Hall–Kier alpha value is -0.800. The van der Waals surface area contributed by atoms with E-state index >= 15 is 0 Å². The Morgan fingerprint density at radius 3 is 3.00 bits per heavy atom. The van der Waals surface area contributed by atoms with E-state index in [4.69, 9.17) is 9.15 Å². The summed E-state index contributed by atoms with van der Waals surface area (Å²) in [6.45, 7) is 8.94. The van der Waals surface area contributed by atoms with Gasteiger partial charge in [0.15, 0.2) is 0 Å². The van der Waals surface area contributed by atoms with Crippen molar-refractivity contribution in [3.05, 3.63) is 23.2 Å². The molecule has 2 unspecified atom stereocenters. The summed E-state index contributed by atoms with van der Waals surface area (Å²) in [4.78, 5) is 0. The van der Waals surface area contributed by atoms with E-state index in [0.717, 1.165) is 30.5 Å². The number of rotatable bonds is 6. The van der Waals surface area contributed by atoms with Crippen LogP contribution in [0.15, 0.2) is 10.5 Å². The number of hydrogen-bond acceptors (Lipinski definition) is 3. The van der Waals surface area contributed by atoms with Gasteiger partial charge in [0.1, 0.15) is 18.1 Å². The van der Waals surface area contributed by atoms with E-state index in [2.05, 4.69) is 25.2 Å². The van der Waals surface area contributed by atoms with Gasteiger partial charge in [-0.2, -0.15) is 0 Å². The molecule has 3 nitrogen and oxygen atoms in total. The third kappa shape index (κ3) is 4.36. The topological polar surface area (TPSA) is 34.4 Å². The summed E-state index contributed by atoms with van der Waals surface area (Å²) < 4.78 is 11.8. The molecular formula is C16H27NO2. The highest BCUT2D eigenvalue weighted by Gasteiger charge is 2.19. The molecular weight excluding hydrogens is 238 g/mol. The van der Waals surface area contributed by atoms with E-state index in [9.17, 15) is 0 Å². The van der Waals surface area contributed by atoms with E-state index in [1.807, 2.05) is 6.92 Å². The number of ether oxygens (including phenoxy) is 1. The van der Waals surface area contributed by atoms with Crippen LogP contribution in [0.1, 0.15) is 56.6 Å². The van der Waals surface area contributed by atoms with Crippen molar-refractivity contribution in [1.82, 2.24) is 5.32 Å². The molecule has 19 heavy (non-hydrogen) atoms. The molecule has 3 heteroatoms. The molecule has 0 amide bonds. The van der Waals surface area contributed by atoms with Crippen molar-refractivity contribution >= 4 is 0 Å². The van der Waals surface area contributed by atoms with Crippen LogP contribution in [0, 0.1) is 12.8 Å². The second kappa shape index (κ2) is 7.11. The van der Waals surface area contributed by atoms with Crippen molar-refractivity contribution in [2.24, 2.45) is 5.92 Å². The maximum Gasteiger partial charge on any atom is 0.130 e. The summed E-state index contributed by atoms with van der Waals surface area (Å²) in [5.41, 5.74) is 1.25. The van der Waals surface area contributed by atoms with E-state index in [1.165, 1.54) is 31.2 Å². The van der Waals surface area contributed by atoms with Crippen LogP contribution in [0.5, 0.6) is 0 Å². The molecule has 1 aliphatic rings. The molecule has 0 bridgehead atoms. The van der Waals surface area contributed by atoms with Crippen LogP contribution in [0.2, 0.25) is 0 Å². The second-order valence-electron chi connectivity index (χ2n) is 5.78. The molecule has 108 valence electrons. The zero-order valence-corrected chi connectivity index (χ0v) is 12.5. The SMILES string of the molecule is CCNCc1cc(COC2CCCC(C)C2)oc1C. The Labute approximate surface area is 116 Å². The molecule has 1 N–H and O–H groups in total. The first-order valence-electron chi connectivity index (χ1n) is 7.59. The summed E-state index contributed by atoms with van der Waals surface area (Å²) in [5.74, 6) is 2.78. The Balaban J connectivity index is 1.82. The number of nitrogens with one attached hydrogen (secondary N) is 1. The largest absolute Gasteiger partial charge is 0.464 e. The molecule has 1 fully saturated rings. The normalized spacial score (nSPS) is 23.7. The fourth-order valence-corrected chi connectivity index (χ4v) is 2.82. The summed E-state index contributed by atoms with van der Waals surface area (Å²) in [5, 5.41) is 3.33. The molecule has 0 aliphatic heterocycles. The van der Waals surface area contributed by atoms with Gasteiger partial charge >= 0.3 is 0 Å². The van der Waals surface area contributed by atoms with Crippen molar-refractivity contribution in [2.75, 3.05) is 6.54 Å². The molecule has 0 radical (unpaired) electrons. The molecule has 2 rings (SSSR count). The van der Waals surface area contributed by atoms with Crippen LogP contribution in [0.3, 0.4) is 0 Å². The minimum absolute atomic E-state index is 0.423. The van der Waals surface area contributed by atoms with E-state index in [0.29, 0.717) is 12.7 Å². The summed E-state index contributed by atoms with van der Waals surface area (Å²) in [6.07, 6.45) is 5.48. The maximum atomic E-state index is 6.00. The average Bonchev–Trinajstić information content (AvgIpc) is 2.75. The van der Waals surface area contributed by atoms with Gasteiger partial charge in [-0.05, 0) is 38.3 Å². The van der Waals surface area contributed by atoms with Crippen LogP contribution >= 0.6 is 0 Å². The van der Waals surface area contributed by atoms with Gasteiger partial charge in [-0.15, -0.1) is 0 Å². The third-order valence-electron chi connectivity index (χ3n) is 3.99. The predicted molar refractivity (Wildman–Crippen MR) is 77.0 cm³/mol. The first kappa shape index (κ1) is 14.6. The zero-order valence-electron chi connectivity index (χ0n) is 12.5. The van der Waals surface area contributed by atoms with E-state index in [-0.39, 0.29) is 0 Å². The maximum absolute atomic E-state index is 6.00. The van der Waals surface area contributed by atoms with Crippen LogP contribution in [-0.2, 0) is 17.9 Å². The molecule has 2 atom stereocenters. The molecule has 1 aliphatic carbocycles. The predicted octanol–water partition coefficient (Wildman–Crippen LogP) is 3.79. The van der Waals surface area contributed by atoms with Gasteiger partial charge in [0.25, 0.3) is 0 Å². The fraction of sp³-hybridized carbons (Fsp3) is 0.750. The lowest BCUT2D eigenvalue weighted by molar-refractivity contribution is -0.00287. The monoisotopic (exact) mass is 265 g/mol. The highest BCUT2D eigenvalue weighted by Crippen LogP contribution is 2.26. The van der Waals surface area contributed by atoms with Crippen molar-refractivity contribution in [1.29, 1.82) is 0 Å². The van der Waals surface area contributed by atoms with Gasteiger partial charge in [-0.25, -0.2) is 0 Å². The van der Waals surface area contributed by atoms with Gasteiger partial charge in [0.05, 0.1) is 6.10 Å². The van der Waals surface area contributed by atoms with Crippen molar-refractivity contribution < 1.29 is 9.15 Å². The van der Waals surface area contributed by atoms with Crippen LogP contribution in [0.25, 0.3) is 0 Å². The quantitative estimate of drug-likeness (QED) is 0.849. The standard InChI is InChI=1S/C16H27NO2/c1-4-17-10-14-9-16(19-13(14)3)11-18-15-7-5-6-12(2)8-15/h9,12,15,17H,4-8,10-11H2,1-3H3. The zero-order chi connectivity index (χ0) is 13.7. The minimum atomic E-state index is 0.423. The molecule has 1 aromatic heterocycles. The lowest BCUT2D eigenvalue weighted by Crippen LogP contribution is -2.21. The second-order valence-corrected chi connectivity index (χ2v) is 5.78. The van der Waals surface area contributed by atoms with Crippen LogP contribution in [0.4, 0.5) is 0 Å². The molecule has 1 heterocycles. The molecule has 1 saturated carbocycles. The number of furan rings is 1. The highest BCUT2D eigenvalue weighted by molar-refractivity contribution is 5.20. The Bertz CT molecular complexity index is 386. The van der Waals surface area contributed by atoms with Gasteiger partial charge < -0.3 is 14.5 Å². The van der Waals surface area contributed by atoms with E-state index in [1.54, 1.807) is 0 Å². The first-order chi connectivity index (χ1) is 9.19. The average molecular weight is 265 g/mol. The molecule has 0 aromatic carbocycles. The molecule has 0 saturated heterocycles. The van der Waals surface area contributed by atoms with Gasteiger partial charge in [-0.1, -0.05) is 26.7 Å². The first-order valence-corrected chi connectivity index (χ1v) is 7.59. The smallest absolute Gasteiger partial charge is 0.130 e. The summed E-state index contributed by atoms with van der Waals surface area (Å²) in [7, 11) is 0. The lowest BCUT2D eigenvalue weighted by Gasteiger charge is -2.26. The summed E-state index contributed by atoms with van der Waals surface area (Å²) >= 11 is 0. The third-order valence-corrected chi connectivity index (χ3v) is 3.99. The lowest BCUT2D eigenvalue weighted by atomic mass is 9.89.